The fourth-order valence-electron chi connectivity index (χ4n) is 1.19. The molecule has 1 aromatic carbocycles. The summed E-state index contributed by atoms with van der Waals surface area (Å²) in [5.41, 5.74) is 0.648. The standard InChI is InChI=1S/C11H13Cl2NO2/c1-2-16-10(15)6-7-14-11-8(12)4-3-5-9(11)13/h3-5,14H,2,6-7H2,1H3. The van der Waals surface area contributed by atoms with Crippen LogP contribution >= 0.6 is 23.2 Å². The highest BCUT2D eigenvalue weighted by Gasteiger charge is 2.06. The summed E-state index contributed by atoms with van der Waals surface area (Å²) in [7, 11) is 0. The van der Waals surface area contributed by atoms with Crippen molar-refractivity contribution in [2.24, 2.45) is 0 Å². The van der Waals surface area contributed by atoms with Crippen molar-refractivity contribution in [2.75, 3.05) is 18.5 Å². The van der Waals surface area contributed by atoms with E-state index in [9.17, 15) is 4.79 Å². The predicted octanol–water partition coefficient (Wildman–Crippen LogP) is 3.36. The molecule has 0 fully saturated rings. The second kappa shape index (κ2) is 6.61. The van der Waals surface area contributed by atoms with E-state index in [-0.39, 0.29) is 12.4 Å². The van der Waals surface area contributed by atoms with E-state index < -0.39 is 0 Å². The molecule has 3 nitrogen and oxygen atoms in total. The first-order valence-corrected chi connectivity index (χ1v) is 5.74. The SMILES string of the molecule is CCOC(=O)CCNc1c(Cl)cccc1Cl. The molecule has 0 saturated carbocycles. The average molecular weight is 262 g/mol. The van der Waals surface area contributed by atoms with E-state index in [0.717, 1.165) is 0 Å². The molecule has 0 saturated heterocycles. The third-order valence-electron chi connectivity index (χ3n) is 1.90. The number of carbonyl (C=O) groups is 1. The molecular formula is C11H13Cl2NO2. The minimum atomic E-state index is -0.238. The van der Waals surface area contributed by atoms with Gasteiger partial charge in [-0.25, -0.2) is 0 Å². The molecule has 0 amide bonds. The summed E-state index contributed by atoms with van der Waals surface area (Å²) in [6.45, 7) is 2.62. The van der Waals surface area contributed by atoms with Crippen molar-refractivity contribution in [1.29, 1.82) is 0 Å². The Kier molecular flexibility index (Phi) is 5.43. The van der Waals surface area contributed by atoms with Crippen LogP contribution in [-0.4, -0.2) is 19.1 Å². The molecule has 0 bridgehead atoms. The molecule has 0 aromatic heterocycles. The first kappa shape index (κ1) is 13.1. The minimum absolute atomic E-state index is 0.238. The number of ether oxygens (including phenoxy) is 1. The molecule has 0 unspecified atom stereocenters. The van der Waals surface area contributed by atoms with Gasteiger partial charge in [-0.1, -0.05) is 29.3 Å². The number of para-hydroxylation sites is 1. The van der Waals surface area contributed by atoms with Gasteiger partial charge >= 0.3 is 5.97 Å². The Hall–Kier alpha value is -0.930. The third-order valence-corrected chi connectivity index (χ3v) is 2.53. The molecule has 0 spiro atoms. The van der Waals surface area contributed by atoms with Gasteiger partial charge < -0.3 is 10.1 Å². The van der Waals surface area contributed by atoms with Gasteiger partial charge in [0, 0.05) is 6.54 Å². The summed E-state index contributed by atoms with van der Waals surface area (Å²) in [5.74, 6) is -0.238. The van der Waals surface area contributed by atoms with Crippen LogP contribution in [0.2, 0.25) is 10.0 Å². The summed E-state index contributed by atoms with van der Waals surface area (Å²) in [6.07, 6.45) is 0.287. The van der Waals surface area contributed by atoms with E-state index in [4.69, 9.17) is 27.9 Å². The van der Waals surface area contributed by atoms with Gasteiger partial charge in [-0.05, 0) is 19.1 Å². The number of hydrogen-bond donors (Lipinski definition) is 1. The Bertz CT molecular complexity index is 349. The Morgan fingerprint density at radius 3 is 2.56 bits per heavy atom. The average Bonchev–Trinajstić information content (AvgIpc) is 2.23. The number of hydrogen-bond acceptors (Lipinski definition) is 3. The highest BCUT2D eigenvalue weighted by atomic mass is 35.5. The zero-order chi connectivity index (χ0) is 12.0. The lowest BCUT2D eigenvalue weighted by atomic mass is 10.3. The lowest BCUT2D eigenvalue weighted by molar-refractivity contribution is -0.142. The van der Waals surface area contributed by atoms with Gasteiger partial charge in [0.05, 0.1) is 28.8 Å². The summed E-state index contributed by atoms with van der Waals surface area (Å²) in [4.78, 5) is 11.1. The van der Waals surface area contributed by atoms with Crippen LogP contribution in [0.4, 0.5) is 5.69 Å². The van der Waals surface area contributed by atoms with Gasteiger partial charge in [0.25, 0.3) is 0 Å². The smallest absolute Gasteiger partial charge is 0.307 e. The van der Waals surface area contributed by atoms with E-state index in [2.05, 4.69) is 5.32 Å². The van der Waals surface area contributed by atoms with Crippen molar-refractivity contribution in [3.05, 3.63) is 28.2 Å². The maximum Gasteiger partial charge on any atom is 0.307 e. The van der Waals surface area contributed by atoms with Crippen molar-refractivity contribution in [2.45, 2.75) is 13.3 Å². The van der Waals surface area contributed by atoms with E-state index in [1.807, 2.05) is 0 Å². The molecule has 1 aromatic rings. The number of rotatable bonds is 5. The summed E-state index contributed by atoms with van der Waals surface area (Å²) in [5, 5.41) is 4.08. The zero-order valence-electron chi connectivity index (χ0n) is 8.93. The summed E-state index contributed by atoms with van der Waals surface area (Å²) >= 11 is 11.9. The highest BCUT2D eigenvalue weighted by Crippen LogP contribution is 2.29. The Labute approximate surface area is 105 Å². The molecule has 1 N–H and O–H groups in total. The number of esters is 1. The van der Waals surface area contributed by atoms with Gasteiger partial charge in [0.15, 0.2) is 0 Å². The molecular weight excluding hydrogens is 249 g/mol. The topological polar surface area (TPSA) is 38.3 Å². The van der Waals surface area contributed by atoms with Crippen molar-refractivity contribution >= 4 is 34.9 Å². The van der Waals surface area contributed by atoms with Gasteiger partial charge in [-0.15, -0.1) is 0 Å². The van der Waals surface area contributed by atoms with Gasteiger partial charge in [-0.3, -0.25) is 4.79 Å². The monoisotopic (exact) mass is 261 g/mol. The third kappa shape index (κ3) is 3.91. The van der Waals surface area contributed by atoms with Crippen molar-refractivity contribution in [3.63, 3.8) is 0 Å². The van der Waals surface area contributed by atoms with Crippen molar-refractivity contribution < 1.29 is 9.53 Å². The van der Waals surface area contributed by atoms with Crippen LogP contribution in [-0.2, 0) is 9.53 Å². The highest BCUT2D eigenvalue weighted by molar-refractivity contribution is 6.39. The van der Waals surface area contributed by atoms with Crippen LogP contribution in [0.15, 0.2) is 18.2 Å². The van der Waals surface area contributed by atoms with Crippen LogP contribution < -0.4 is 5.32 Å². The molecule has 5 heteroatoms. The Balaban J connectivity index is 2.46. The molecule has 16 heavy (non-hydrogen) atoms. The molecule has 0 heterocycles. The normalized spacial score (nSPS) is 9.94. The maximum absolute atomic E-state index is 11.1. The number of halogens is 2. The van der Waals surface area contributed by atoms with Crippen molar-refractivity contribution in [3.8, 4) is 0 Å². The molecule has 0 aliphatic heterocycles. The fraction of sp³-hybridized carbons (Fsp3) is 0.364. The van der Waals surface area contributed by atoms with Gasteiger partial charge in [-0.2, -0.15) is 0 Å². The first-order valence-electron chi connectivity index (χ1n) is 4.98. The van der Waals surface area contributed by atoms with Crippen LogP contribution in [0.3, 0.4) is 0 Å². The molecule has 0 radical (unpaired) electrons. The Morgan fingerprint density at radius 2 is 2.00 bits per heavy atom. The van der Waals surface area contributed by atoms with Crippen LogP contribution in [0.5, 0.6) is 0 Å². The van der Waals surface area contributed by atoms with Crippen LogP contribution in [0.1, 0.15) is 13.3 Å². The first-order chi connectivity index (χ1) is 7.65. The van der Waals surface area contributed by atoms with E-state index in [0.29, 0.717) is 28.9 Å². The van der Waals surface area contributed by atoms with Crippen LogP contribution in [0.25, 0.3) is 0 Å². The lowest BCUT2D eigenvalue weighted by Gasteiger charge is -2.09. The van der Waals surface area contributed by atoms with Gasteiger partial charge in [0.1, 0.15) is 0 Å². The van der Waals surface area contributed by atoms with E-state index in [1.165, 1.54) is 0 Å². The number of carbonyl (C=O) groups excluding carboxylic acids is 1. The summed E-state index contributed by atoms with van der Waals surface area (Å²) < 4.78 is 4.80. The molecule has 88 valence electrons. The maximum atomic E-state index is 11.1. The van der Waals surface area contributed by atoms with Crippen molar-refractivity contribution in [1.82, 2.24) is 0 Å². The predicted molar refractivity (Wildman–Crippen MR) is 66.2 cm³/mol. The molecule has 0 atom stereocenters. The second-order valence-electron chi connectivity index (χ2n) is 3.08. The van der Waals surface area contributed by atoms with Gasteiger partial charge in [0.2, 0.25) is 0 Å². The largest absolute Gasteiger partial charge is 0.466 e. The quantitative estimate of drug-likeness (QED) is 0.827. The molecule has 1 rings (SSSR count). The second-order valence-corrected chi connectivity index (χ2v) is 3.89. The van der Waals surface area contributed by atoms with Crippen LogP contribution in [0, 0.1) is 0 Å². The number of benzene rings is 1. The molecule has 0 aliphatic rings. The summed E-state index contributed by atoms with van der Waals surface area (Å²) in [6, 6.07) is 5.24. The van der Waals surface area contributed by atoms with E-state index >= 15 is 0 Å². The van der Waals surface area contributed by atoms with E-state index in [1.54, 1.807) is 25.1 Å². The number of nitrogens with one attached hydrogen (secondary N) is 1. The number of anilines is 1. The Morgan fingerprint density at radius 1 is 1.38 bits per heavy atom. The lowest BCUT2D eigenvalue weighted by Crippen LogP contribution is -2.11. The molecule has 0 aliphatic carbocycles. The minimum Gasteiger partial charge on any atom is -0.466 e. The zero-order valence-corrected chi connectivity index (χ0v) is 10.4. The fourth-order valence-corrected chi connectivity index (χ4v) is 1.72.